The van der Waals surface area contributed by atoms with Gasteiger partial charge < -0.3 is 15.4 Å². The summed E-state index contributed by atoms with van der Waals surface area (Å²) >= 11 is 0. The molecule has 0 spiro atoms. The van der Waals surface area contributed by atoms with Gasteiger partial charge in [0, 0.05) is 19.0 Å². The number of hydrogen-bond donors (Lipinski definition) is 2. The minimum Gasteiger partial charge on any atom is -0.465 e. The highest BCUT2D eigenvalue weighted by molar-refractivity contribution is 5.89. The summed E-state index contributed by atoms with van der Waals surface area (Å²) in [6, 6.07) is 7.20. The number of nitrogens with one attached hydrogen (secondary N) is 2. The van der Waals surface area contributed by atoms with Gasteiger partial charge in [0.2, 0.25) is 5.91 Å². The molecule has 0 fully saturated rings. The monoisotopic (exact) mass is 314 g/mol. The third kappa shape index (κ3) is 6.60. The van der Waals surface area contributed by atoms with Crippen molar-refractivity contribution in [2.24, 2.45) is 5.92 Å². The Kier molecular flexibility index (Phi) is 9.41. The van der Waals surface area contributed by atoms with Crippen LogP contribution in [0.25, 0.3) is 0 Å². The Labute approximate surface area is 131 Å². The average Bonchev–Trinajstić information content (AvgIpc) is 2.47. The van der Waals surface area contributed by atoms with E-state index in [1.807, 2.05) is 26.1 Å². The second-order valence-electron chi connectivity index (χ2n) is 4.69. The van der Waals surface area contributed by atoms with Crippen LogP contribution in [0.5, 0.6) is 0 Å². The molecule has 6 heteroatoms. The van der Waals surface area contributed by atoms with Crippen LogP contribution in [-0.4, -0.2) is 39.1 Å². The Morgan fingerprint density at radius 3 is 2.38 bits per heavy atom. The highest BCUT2D eigenvalue weighted by Gasteiger charge is 2.10. The first-order valence-electron chi connectivity index (χ1n) is 6.68. The average molecular weight is 315 g/mol. The van der Waals surface area contributed by atoms with Crippen LogP contribution >= 0.6 is 12.4 Å². The van der Waals surface area contributed by atoms with Crippen LogP contribution in [0.3, 0.4) is 0 Å². The second-order valence-corrected chi connectivity index (χ2v) is 4.69. The predicted molar refractivity (Wildman–Crippen MR) is 84.8 cm³/mol. The van der Waals surface area contributed by atoms with E-state index >= 15 is 0 Å². The largest absolute Gasteiger partial charge is 0.465 e. The standard InChI is InChI=1S/C15H22N2O3.ClH/c1-11(10-16-2)14(18)17-9-8-12-4-6-13(7-5-12)15(19)20-3;/h4-7,11,16H,8-10H2,1-3H3,(H,17,18);1H. The van der Waals surface area contributed by atoms with Gasteiger partial charge in [0.15, 0.2) is 0 Å². The van der Waals surface area contributed by atoms with E-state index in [1.165, 1.54) is 7.11 Å². The van der Waals surface area contributed by atoms with Gasteiger partial charge in [0.25, 0.3) is 0 Å². The van der Waals surface area contributed by atoms with Crippen molar-refractivity contribution in [3.05, 3.63) is 35.4 Å². The first-order valence-corrected chi connectivity index (χ1v) is 6.68. The molecule has 2 N–H and O–H groups in total. The molecule has 1 aromatic rings. The SMILES string of the molecule is CNCC(C)C(=O)NCCc1ccc(C(=O)OC)cc1.Cl. The number of esters is 1. The van der Waals surface area contributed by atoms with Crippen molar-refractivity contribution in [3.8, 4) is 0 Å². The van der Waals surface area contributed by atoms with E-state index in [0.29, 0.717) is 18.7 Å². The zero-order valence-electron chi connectivity index (χ0n) is 12.6. The van der Waals surface area contributed by atoms with Crippen LogP contribution in [0.15, 0.2) is 24.3 Å². The van der Waals surface area contributed by atoms with Gasteiger partial charge in [-0.25, -0.2) is 4.79 Å². The fraction of sp³-hybridized carbons (Fsp3) is 0.467. The highest BCUT2D eigenvalue weighted by Crippen LogP contribution is 2.06. The molecule has 0 heterocycles. The van der Waals surface area contributed by atoms with Gasteiger partial charge in [0.1, 0.15) is 0 Å². The highest BCUT2D eigenvalue weighted by atomic mass is 35.5. The molecular weight excluding hydrogens is 292 g/mol. The summed E-state index contributed by atoms with van der Waals surface area (Å²) in [6.07, 6.45) is 0.736. The number of ether oxygens (including phenoxy) is 1. The van der Waals surface area contributed by atoms with Gasteiger partial charge in [-0.1, -0.05) is 19.1 Å². The lowest BCUT2D eigenvalue weighted by Gasteiger charge is -2.11. The number of rotatable bonds is 7. The van der Waals surface area contributed by atoms with Crippen molar-refractivity contribution in [1.82, 2.24) is 10.6 Å². The van der Waals surface area contributed by atoms with E-state index in [-0.39, 0.29) is 30.2 Å². The molecular formula is C15H23ClN2O3. The van der Waals surface area contributed by atoms with Crippen molar-refractivity contribution < 1.29 is 14.3 Å². The Hall–Kier alpha value is -1.59. The minimum atomic E-state index is -0.342. The minimum absolute atomic E-state index is 0. The van der Waals surface area contributed by atoms with Crippen LogP contribution in [0.2, 0.25) is 0 Å². The van der Waals surface area contributed by atoms with E-state index in [0.717, 1.165) is 12.0 Å². The van der Waals surface area contributed by atoms with Crippen molar-refractivity contribution in [2.75, 3.05) is 27.2 Å². The van der Waals surface area contributed by atoms with Crippen LogP contribution < -0.4 is 10.6 Å². The van der Waals surface area contributed by atoms with E-state index in [4.69, 9.17) is 0 Å². The van der Waals surface area contributed by atoms with E-state index in [9.17, 15) is 9.59 Å². The molecule has 1 amide bonds. The van der Waals surface area contributed by atoms with E-state index < -0.39 is 0 Å². The number of benzene rings is 1. The second kappa shape index (κ2) is 10.2. The molecule has 0 radical (unpaired) electrons. The van der Waals surface area contributed by atoms with Gasteiger partial charge in [0.05, 0.1) is 12.7 Å². The molecule has 21 heavy (non-hydrogen) atoms. The molecule has 0 aliphatic heterocycles. The zero-order chi connectivity index (χ0) is 15.0. The third-order valence-electron chi connectivity index (χ3n) is 3.05. The van der Waals surface area contributed by atoms with Gasteiger partial charge in [-0.05, 0) is 31.2 Å². The van der Waals surface area contributed by atoms with Gasteiger partial charge in [-0.15, -0.1) is 12.4 Å². The maximum Gasteiger partial charge on any atom is 0.337 e. The summed E-state index contributed by atoms with van der Waals surface area (Å²) in [5.74, 6) is -0.335. The zero-order valence-corrected chi connectivity index (χ0v) is 13.5. The number of methoxy groups -OCH3 is 1. The normalized spacial score (nSPS) is 11.2. The molecule has 0 aromatic heterocycles. The quantitative estimate of drug-likeness (QED) is 0.747. The maximum absolute atomic E-state index is 11.7. The Morgan fingerprint density at radius 2 is 1.86 bits per heavy atom. The van der Waals surface area contributed by atoms with E-state index in [1.54, 1.807) is 12.1 Å². The molecule has 1 unspecified atom stereocenters. The number of carbonyl (C=O) groups is 2. The van der Waals surface area contributed by atoms with Crippen LogP contribution in [0.4, 0.5) is 0 Å². The smallest absolute Gasteiger partial charge is 0.337 e. The van der Waals surface area contributed by atoms with Crippen molar-refractivity contribution in [1.29, 1.82) is 0 Å². The lowest BCUT2D eigenvalue weighted by atomic mass is 10.1. The van der Waals surface area contributed by atoms with Gasteiger partial charge in [-0.3, -0.25) is 4.79 Å². The first kappa shape index (κ1) is 19.4. The molecule has 0 aliphatic carbocycles. The fourth-order valence-corrected chi connectivity index (χ4v) is 1.83. The number of carbonyl (C=O) groups excluding carboxylic acids is 2. The van der Waals surface area contributed by atoms with Crippen LogP contribution in [0.1, 0.15) is 22.8 Å². The van der Waals surface area contributed by atoms with Gasteiger partial charge in [-0.2, -0.15) is 0 Å². The Morgan fingerprint density at radius 1 is 1.24 bits per heavy atom. The molecule has 5 nitrogen and oxygen atoms in total. The topological polar surface area (TPSA) is 67.4 Å². The molecule has 1 rings (SSSR count). The van der Waals surface area contributed by atoms with Crippen molar-refractivity contribution in [3.63, 3.8) is 0 Å². The van der Waals surface area contributed by atoms with Crippen molar-refractivity contribution >= 4 is 24.3 Å². The summed E-state index contributed by atoms with van der Waals surface area (Å²) in [7, 11) is 3.19. The number of halogens is 1. The van der Waals surface area contributed by atoms with Crippen LogP contribution in [-0.2, 0) is 16.0 Å². The summed E-state index contributed by atoms with van der Waals surface area (Å²) in [5, 5.41) is 5.87. The Bertz CT molecular complexity index is 449. The molecule has 0 saturated carbocycles. The Balaban J connectivity index is 0.00000400. The lowest BCUT2D eigenvalue weighted by Crippen LogP contribution is -2.35. The first-order chi connectivity index (χ1) is 9.58. The molecule has 1 aromatic carbocycles. The fourth-order valence-electron chi connectivity index (χ4n) is 1.83. The van der Waals surface area contributed by atoms with Crippen molar-refractivity contribution in [2.45, 2.75) is 13.3 Å². The summed E-state index contributed by atoms with van der Waals surface area (Å²) in [6.45, 7) is 3.14. The molecule has 1 atom stereocenters. The molecule has 0 bridgehead atoms. The van der Waals surface area contributed by atoms with Crippen LogP contribution in [0, 0.1) is 5.92 Å². The number of amides is 1. The maximum atomic E-state index is 11.7. The number of hydrogen-bond acceptors (Lipinski definition) is 4. The van der Waals surface area contributed by atoms with Gasteiger partial charge >= 0.3 is 5.97 Å². The summed E-state index contributed by atoms with van der Waals surface area (Å²) in [4.78, 5) is 23.0. The summed E-state index contributed by atoms with van der Waals surface area (Å²) < 4.78 is 4.64. The summed E-state index contributed by atoms with van der Waals surface area (Å²) in [5.41, 5.74) is 1.60. The predicted octanol–water partition coefficient (Wildman–Crippen LogP) is 1.41. The third-order valence-corrected chi connectivity index (χ3v) is 3.05. The molecule has 0 saturated heterocycles. The molecule has 0 aliphatic rings. The van der Waals surface area contributed by atoms with E-state index in [2.05, 4.69) is 15.4 Å². The molecule has 118 valence electrons. The lowest BCUT2D eigenvalue weighted by molar-refractivity contribution is -0.124.